The summed E-state index contributed by atoms with van der Waals surface area (Å²) in [7, 11) is 1.30. The predicted molar refractivity (Wildman–Crippen MR) is 61.4 cm³/mol. The smallest absolute Gasteiger partial charge is 0.349 e. The number of aromatic nitrogens is 2. The maximum Gasteiger partial charge on any atom is 0.349 e. The number of thiazole rings is 1. The minimum atomic E-state index is -0.460. The van der Waals surface area contributed by atoms with Gasteiger partial charge in [0.2, 0.25) is 0 Å². The normalized spacial score (nSPS) is 10.3. The monoisotopic (exact) mass is 252 g/mol. The second kappa shape index (κ2) is 4.58. The Bertz CT molecular complexity index is 568. The molecule has 2 aromatic heterocycles. The van der Waals surface area contributed by atoms with Crippen molar-refractivity contribution in [3.8, 4) is 10.6 Å². The first-order valence-electron chi connectivity index (χ1n) is 4.79. The van der Waals surface area contributed by atoms with Gasteiger partial charge in [-0.2, -0.15) is 0 Å². The van der Waals surface area contributed by atoms with Crippen molar-refractivity contribution in [2.24, 2.45) is 0 Å². The molecule has 0 spiro atoms. The van der Waals surface area contributed by atoms with Gasteiger partial charge in [0, 0.05) is 11.8 Å². The molecule has 0 amide bonds. The summed E-state index contributed by atoms with van der Waals surface area (Å²) in [6.07, 6.45) is 2.59. The largest absolute Gasteiger partial charge is 0.465 e. The van der Waals surface area contributed by atoms with Crippen LogP contribution in [0.2, 0.25) is 0 Å². The van der Waals surface area contributed by atoms with Gasteiger partial charge in [-0.1, -0.05) is 0 Å². The number of hydrogen-bond donors (Lipinski definition) is 0. The van der Waals surface area contributed by atoms with Gasteiger partial charge in [0.25, 0.3) is 0 Å². The zero-order valence-electron chi connectivity index (χ0n) is 9.23. The van der Waals surface area contributed by atoms with E-state index in [9.17, 15) is 9.18 Å². The van der Waals surface area contributed by atoms with E-state index in [0.717, 1.165) is 17.5 Å². The van der Waals surface area contributed by atoms with Crippen LogP contribution in [0.4, 0.5) is 4.39 Å². The molecule has 0 bridgehead atoms. The fourth-order valence-corrected chi connectivity index (χ4v) is 2.35. The maximum atomic E-state index is 13.5. The number of rotatable bonds is 2. The first kappa shape index (κ1) is 11.7. The number of methoxy groups -OCH3 is 1. The molecule has 0 aromatic carbocycles. The minimum Gasteiger partial charge on any atom is -0.465 e. The van der Waals surface area contributed by atoms with Crippen molar-refractivity contribution in [1.29, 1.82) is 0 Å². The second-order valence-corrected chi connectivity index (χ2v) is 4.28. The molecule has 0 saturated heterocycles. The summed E-state index contributed by atoms with van der Waals surface area (Å²) in [6, 6.07) is 1.52. The van der Waals surface area contributed by atoms with Crippen LogP contribution in [0.1, 0.15) is 15.4 Å². The molecule has 0 aliphatic heterocycles. The molecule has 6 heteroatoms. The molecular formula is C11H9FN2O2S. The summed E-state index contributed by atoms with van der Waals surface area (Å²) in [6.45, 7) is 1.69. The highest BCUT2D eigenvalue weighted by Crippen LogP contribution is 2.29. The molecule has 0 aliphatic rings. The first-order valence-corrected chi connectivity index (χ1v) is 5.60. The van der Waals surface area contributed by atoms with Crippen LogP contribution in [0.25, 0.3) is 10.6 Å². The van der Waals surface area contributed by atoms with Crippen LogP contribution >= 0.6 is 11.3 Å². The van der Waals surface area contributed by atoms with Crippen molar-refractivity contribution < 1.29 is 13.9 Å². The van der Waals surface area contributed by atoms with Crippen LogP contribution in [-0.2, 0) is 4.74 Å². The zero-order valence-corrected chi connectivity index (χ0v) is 10.0. The molecule has 0 fully saturated rings. The minimum absolute atomic E-state index is 0.336. The topological polar surface area (TPSA) is 52.1 Å². The van der Waals surface area contributed by atoms with Gasteiger partial charge < -0.3 is 4.74 Å². The van der Waals surface area contributed by atoms with Crippen molar-refractivity contribution in [3.05, 3.63) is 34.8 Å². The van der Waals surface area contributed by atoms with Gasteiger partial charge in [-0.05, 0) is 13.0 Å². The Morgan fingerprint density at radius 2 is 2.29 bits per heavy atom. The molecule has 0 N–H and O–H groups in total. The molecule has 0 unspecified atom stereocenters. The van der Waals surface area contributed by atoms with Crippen molar-refractivity contribution >= 4 is 17.3 Å². The lowest BCUT2D eigenvalue weighted by Gasteiger charge is -1.96. The second-order valence-electron chi connectivity index (χ2n) is 3.28. The predicted octanol–water partition coefficient (Wildman–Crippen LogP) is 2.44. The van der Waals surface area contributed by atoms with E-state index in [1.807, 2.05) is 0 Å². The summed E-state index contributed by atoms with van der Waals surface area (Å²) >= 11 is 1.11. The van der Waals surface area contributed by atoms with Gasteiger partial charge in [0.05, 0.1) is 19.0 Å². The molecule has 0 saturated carbocycles. The summed E-state index contributed by atoms with van der Waals surface area (Å²) in [5.41, 5.74) is 0.872. The molecule has 88 valence electrons. The highest BCUT2D eigenvalue weighted by atomic mass is 32.1. The lowest BCUT2D eigenvalue weighted by molar-refractivity contribution is 0.0605. The van der Waals surface area contributed by atoms with Crippen LogP contribution in [0.5, 0.6) is 0 Å². The Balaban J connectivity index is 2.49. The van der Waals surface area contributed by atoms with Gasteiger partial charge in [0.15, 0.2) is 5.82 Å². The standard InChI is InChI=1S/C11H9FN2O2S/c1-6-9(11(15)16-2)17-10(14-6)7-3-4-13-5-8(7)12/h3-5H,1-2H3. The summed E-state index contributed by atoms with van der Waals surface area (Å²) < 4.78 is 18.1. The lowest BCUT2D eigenvalue weighted by Crippen LogP contribution is -1.99. The van der Waals surface area contributed by atoms with E-state index in [1.165, 1.54) is 19.4 Å². The number of ether oxygens (including phenoxy) is 1. The first-order chi connectivity index (χ1) is 8.13. The Hall–Kier alpha value is -1.82. The third-order valence-corrected chi connectivity index (χ3v) is 3.34. The van der Waals surface area contributed by atoms with Crippen LogP contribution in [0.15, 0.2) is 18.5 Å². The van der Waals surface area contributed by atoms with Crippen LogP contribution in [0, 0.1) is 12.7 Å². The molecular weight excluding hydrogens is 243 g/mol. The number of pyridine rings is 1. The van der Waals surface area contributed by atoms with Crippen molar-refractivity contribution in [2.75, 3.05) is 7.11 Å². The van der Waals surface area contributed by atoms with E-state index in [4.69, 9.17) is 0 Å². The fraction of sp³-hybridized carbons (Fsp3) is 0.182. The zero-order chi connectivity index (χ0) is 12.4. The Morgan fingerprint density at radius 1 is 1.53 bits per heavy atom. The summed E-state index contributed by atoms with van der Waals surface area (Å²) in [4.78, 5) is 19.6. The van der Waals surface area contributed by atoms with Gasteiger partial charge in [-0.25, -0.2) is 14.2 Å². The van der Waals surface area contributed by atoms with Crippen LogP contribution in [-0.4, -0.2) is 23.0 Å². The van der Waals surface area contributed by atoms with E-state index in [2.05, 4.69) is 14.7 Å². The third-order valence-electron chi connectivity index (χ3n) is 2.17. The Labute approximate surface area is 101 Å². The number of halogens is 1. The van der Waals surface area contributed by atoms with Crippen molar-refractivity contribution in [2.45, 2.75) is 6.92 Å². The van der Waals surface area contributed by atoms with E-state index in [0.29, 0.717) is 21.1 Å². The van der Waals surface area contributed by atoms with E-state index in [1.54, 1.807) is 6.92 Å². The highest BCUT2D eigenvalue weighted by Gasteiger charge is 2.18. The molecule has 17 heavy (non-hydrogen) atoms. The van der Waals surface area contributed by atoms with Crippen LogP contribution < -0.4 is 0 Å². The van der Waals surface area contributed by atoms with Gasteiger partial charge in [-0.15, -0.1) is 11.3 Å². The average Bonchev–Trinajstić information content (AvgIpc) is 2.71. The molecule has 2 aromatic rings. The van der Waals surface area contributed by atoms with Gasteiger partial charge >= 0.3 is 5.97 Å². The number of carbonyl (C=O) groups is 1. The van der Waals surface area contributed by atoms with Crippen molar-refractivity contribution in [3.63, 3.8) is 0 Å². The van der Waals surface area contributed by atoms with E-state index < -0.39 is 11.8 Å². The number of hydrogen-bond acceptors (Lipinski definition) is 5. The Morgan fingerprint density at radius 3 is 2.94 bits per heavy atom. The van der Waals surface area contributed by atoms with Gasteiger partial charge in [0.1, 0.15) is 9.88 Å². The van der Waals surface area contributed by atoms with E-state index in [-0.39, 0.29) is 0 Å². The molecule has 4 nitrogen and oxygen atoms in total. The summed E-state index contributed by atoms with van der Waals surface area (Å²) in [5, 5.41) is 0.447. The number of carbonyl (C=O) groups excluding carboxylic acids is 1. The molecule has 0 aliphatic carbocycles. The van der Waals surface area contributed by atoms with Crippen molar-refractivity contribution in [1.82, 2.24) is 9.97 Å². The number of nitrogens with zero attached hydrogens (tertiary/aromatic N) is 2. The molecule has 0 atom stereocenters. The lowest BCUT2D eigenvalue weighted by atomic mass is 10.3. The van der Waals surface area contributed by atoms with Gasteiger partial charge in [-0.3, -0.25) is 4.98 Å². The Kier molecular flexibility index (Phi) is 3.14. The molecule has 0 radical (unpaired) electrons. The highest BCUT2D eigenvalue weighted by molar-refractivity contribution is 7.17. The number of aryl methyl sites for hydroxylation is 1. The third kappa shape index (κ3) is 2.16. The van der Waals surface area contributed by atoms with Crippen LogP contribution in [0.3, 0.4) is 0 Å². The maximum absolute atomic E-state index is 13.5. The summed E-state index contributed by atoms with van der Waals surface area (Å²) in [5.74, 6) is -0.918. The molecule has 2 heterocycles. The SMILES string of the molecule is COC(=O)c1sc(-c2ccncc2F)nc1C. The number of esters is 1. The molecule has 2 rings (SSSR count). The van der Waals surface area contributed by atoms with E-state index >= 15 is 0 Å². The average molecular weight is 252 g/mol. The quantitative estimate of drug-likeness (QED) is 0.770. The fourth-order valence-electron chi connectivity index (χ4n) is 1.34.